The summed E-state index contributed by atoms with van der Waals surface area (Å²) in [7, 11) is 0. The highest BCUT2D eigenvalue weighted by molar-refractivity contribution is 9.10. The fraction of sp³-hybridized carbons (Fsp3) is 0.214. The van der Waals surface area contributed by atoms with E-state index in [-0.39, 0.29) is 5.92 Å². The normalized spacial score (nSPS) is 14.1. The van der Waals surface area contributed by atoms with Crippen LogP contribution < -0.4 is 5.73 Å². The van der Waals surface area contributed by atoms with Crippen LogP contribution in [0.4, 0.5) is 0 Å². The molecule has 1 aromatic carbocycles. The van der Waals surface area contributed by atoms with Crippen molar-refractivity contribution in [1.29, 1.82) is 0 Å². The van der Waals surface area contributed by atoms with Gasteiger partial charge in [-0.25, -0.2) is 0 Å². The molecule has 2 atom stereocenters. The molecule has 0 radical (unpaired) electrons. The molecule has 0 spiro atoms. The summed E-state index contributed by atoms with van der Waals surface area (Å²) in [6.07, 6.45) is 0.936. The second kappa shape index (κ2) is 6.48. The lowest BCUT2D eigenvalue weighted by Gasteiger charge is -2.22. The lowest BCUT2D eigenvalue weighted by Crippen LogP contribution is -2.21. The van der Waals surface area contributed by atoms with Crippen molar-refractivity contribution in [2.75, 3.05) is 6.54 Å². The highest BCUT2D eigenvalue weighted by Gasteiger charge is 2.24. The van der Waals surface area contributed by atoms with Gasteiger partial charge in [-0.15, -0.1) is 0 Å². The Morgan fingerprint density at radius 1 is 1.32 bits per heavy atom. The van der Waals surface area contributed by atoms with Gasteiger partial charge in [0.1, 0.15) is 0 Å². The van der Waals surface area contributed by atoms with Crippen molar-refractivity contribution in [3.63, 3.8) is 0 Å². The number of nitrogens with zero attached hydrogens (tertiary/aromatic N) is 1. The zero-order valence-corrected chi connectivity index (χ0v) is 12.5. The maximum absolute atomic E-state index is 10.5. The van der Waals surface area contributed by atoms with Crippen molar-refractivity contribution in [3.05, 3.63) is 63.3 Å². The summed E-state index contributed by atoms with van der Waals surface area (Å²) in [6.45, 7) is 0.303. The van der Waals surface area contributed by atoms with Gasteiger partial charge in [-0.2, -0.15) is 0 Å². The summed E-state index contributed by atoms with van der Waals surface area (Å²) in [6, 6.07) is 10.9. The summed E-state index contributed by atoms with van der Waals surface area (Å²) < 4.78 is 0.804. The third-order valence-electron chi connectivity index (χ3n) is 2.98. The van der Waals surface area contributed by atoms with Gasteiger partial charge in [-0.1, -0.05) is 33.6 Å². The van der Waals surface area contributed by atoms with E-state index in [0.29, 0.717) is 17.1 Å². The number of aliphatic hydroxyl groups excluding tert-OH is 1. The molecule has 0 saturated heterocycles. The minimum atomic E-state index is -0.757. The Kier molecular flexibility index (Phi) is 4.93. The van der Waals surface area contributed by atoms with Gasteiger partial charge in [-0.05, 0) is 35.9 Å². The molecule has 0 fully saturated rings. The average molecular weight is 342 g/mol. The highest BCUT2D eigenvalue weighted by atomic mass is 79.9. The molecular formula is C14H14BrClN2O. The molecular weight excluding hydrogens is 328 g/mol. The summed E-state index contributed by atoms with van der Waals surface area (Å²) in [4.78, 5) is 4.26. The van der Waals surface area contributed by atoms with Crippen molar-refractivity contribution in [2.24, 2.45) is 5.73 Å². The van der Waals surface area contributed by atoms with Gasteiger partial charge in [0, 0.05) is 33.8 Å². The van der Waals surface area contributed by atoms with E-state index in [9.17, 15) is 5.11 Å². The quantitative estimate of drug-likeness (QED) is 0.897. The molecule has 19 heavy (non-hydrogen) atoms. The standard InChI is InChI=1S/C14H14BrClN2O/c15-12-5-4-9(16)7-10(12)14(19)11(8-17)13-3-1-2-6-18-13/h1-7,11,14,19H,8,17H2. The Morgan fingerprint density at radius 3 is 2.74 bits per heavy atom. The monoisotopic (exact) mass is 340 g/mol. The zero-order chi connectivity index (χ0) is 13.8. The lowest BCUT2D eigenvalue weighted by atomic mass is 9.92. The van der Waals surface area contributed by atoms with E-state index in [4.69, 9.17) is 17.3 Å². The largest absolute Gasteiger partial charge is 0.388 e. The maximum Gasteiger partial charge on any atom is 0.0897 e. The lowest BCUT2D eigenvalue weighted by molar-refractivity contribution is 0.145. The molecule has 1 heterocycles. The number of hydrogen-bond donors (Lipinski definition) is 2. The van der Waals surface area contributed by atoms with E-state index in [1.165, 1.54) is 0 Å². The Balaban J connectivity index is 2.36. The van der Waals surface area contributed by atoms with E-state index in [0.717, 1.165) is 10.2 Å². The van der Waals surface area contributed by atoms with E-state index in [1.807, 2.05) is 24.3 Å². The molecule has 100 valence electrons. The fourth-order valence-electron chi connectivity index (χ4n) is 1.96. The Morgan fingerprint density at radius 2 is 2.11 bits per heavy atom. The van der Waals surface area contributed by atoms with Gasteiger partial charge in [-0.3, -0.25) is 4.98 Å². The van der Waals surface area contributed by atoms with Crippen molar-refractivity contribution < 1.29 is 5.11 Å². The zero-order valence-electron chi connectivity index (χ0n) is 10.1. The Bertz CT molecular complexity index is 550. The summed E-state index contributed by atoms with van der Waals surface area (Å²) in [5.74, 6) is -0.268. The van der Waals surface area contributed by atoms with Crippen LogP contribution in [0.15, 0.2) is 47.1 Å². The van der Waals surface area contributed by atoms with Gasteiger partial charge < -0.3 is 10.8 Å². The summed E-state index contributed by atoms with van der Waals surface area (Å²) >= 11 is 9.40. The van der Waals surface area contributed by atoms with Crippen LogP contribution in [0, 0.1) is 0 Å². The molecule has 0 bridgehead atoms. The van der Waals surface area contributed by atoms with E-state index in [2.05, 4.69) is 20.9 Å². The molecule has 2 unspecified atom stereocenters. The number of nitrogens with two attached hydrogens (primary N) is 1. The summed E-state index contributed by atoms with van der Waals surface area (Å²) in [5, 5.41) is 11.1. The molecule has 5 heteroatoms. The Labute approximate surface area is 125 Å². The van der Waals surface area contributed by atoms with Gasteiger partial charge in [0.25, 0.3) is 0 Å². The summed E-state index contributed by atoms with van der Waals surface area (Å²) in [5.41, 5.74) is 7.27. The second-order valence-electron chi connectivity index (χ2n) is 4.21. The van der Waals surface area contributed by atoms with Gasteiger partial charge >= 0.3 is 0 Å². The van der Waals surface area contributed by atoms with Crippen LogP contribution in [0.5, 0.6) is 0 Å². The molecule has 0 aliphatic carbocycles. The van der Waals surface area contributed by atoms with Crippen LogP contribution in [0.3, 0.4) is 0 Å². The minimum absolute atomic E-state index is 0.268. The molecule has 0 aliphatic heterocycles. The number of aliphatic hydroxyl groups is 1. The second-order valence-corrected chi connectivity index (χ2v) is 5.50. The van der Waals surface area contributed by atoms with Crippen LogP contribution >= 0.6 is 27.5 Å². The van der Waals surface area contributed by atoms with Gasteiger partial charge in [0.15, 0.2) is 0 Å². The minimum Gasteiger partial charge on any atom is -0.388 e. The van der Waals surface area contributed by atoms with Crippen molar-refractivity contribution in [3.8, 4) is 0 Å². The van der Waals surface area contributed by atoms with Crippen LogP contribution in [-0.4, -0.2) is 16.6 Å². The topological polar surface area (TPSA) is 59.1 Å². The molecule has 2 rings (SSSR count). The van der Waals surface area contributed by atoms with Gasteiger partial charge in [0.2, 0.25) is 0 Å². The Hall–Kier alpha value is -0.940. The molecule has 0 saturated carbocycles. The van der Waals surface area contributed by atoms with Crippen LogP contribution in [-0.2, 0) is 0 Å². The van der Waals surface area contributed by atoms with Crippen LogP contribution in [0.1, 0.15) is 23.3 Å². The first-order valence-electron chi connectivity index (χ1n) is 5.87. The average Bonchev–Trinajstić information content (AvgIpc) is 2.43. The van der Waals surface area contributed by atoms with Crippen molar-refractivity contribution in [2.45, 2.75) is 12.0 Å². The molecule has 3 nitrogen and oxygen atoms in total. The van der Waals surface area contributed by atoms with E-state index < -0.39 is 6.10 Å². The maximum atomic E-state index is 10.5. The van der Waals surface area contributed by atoms with Gasteiger partial charge in [0.05, 0.1) is 6.10 Å². The first kappa shape index (κ1) is 14.5. The molecule has 0 amide bonds. The first-order valence-corrected chi connectivity index (χ1v) is 7.04. The number of halogens is 2. The molecule has 3 N–H and O–H groups in total. The van der Waals surface area contributed by atoms with E-state index >= 15 is 0 Å². The van der Waals surface area contributed by atoms with Crippen molar-refractivity contribution >= 4 is 27.5 Å². The van der Waals surface area contributed by atoms with Crippen LogP contribution in [0.25, 0.3) is 0 Å². The number of pyridine rings is 1. The number of hydrogen-bond acceptors (Lipinski definition) is 3. The molecule has 1 aromatic heterocycles. The predicted molar refractivity (Wildman–Crippen MR) is 80.1 cm³/mol. The number of aromatic nitrogens is 1. The first-order chi connectivity index (χ1) is 9.13. The molecule has 2 aromatic rings. The van der Waals surface area contributed by atoms with E-state index in [1.54, 1.807) is 18.3 Å². The van der Waals surface area contributed by atoms with Crippen LogP contribution in [0.2, 0.25) is 5.02 Å². The highest BCUT2D eigenvalue weighted by Crippen LogP contribution is 2.34. The smallest absolute Gasteiger partial charge is 0.0897 e. The third-order valence-corrected chi connectivity index (χ3v) is 3.94. The predicted octanol–water partition coefficient (Wildman–Crippen LogP) is 3.27. The number of benzene rings is 1. The van der Waals surface area contributed by atoms with Crippen molar-refractivity contribution in [1.82, 2.24) is 4.98 Å². The third kappa shape index (κ3) is 3.34. The number of rotatable bonds is 4. The molecule has 0 aliphatic rings. The SMILES string of the molecule is NCC(c1ccccn1)C(O)c1cc(Cl)ccc1Br. The fourth-order valence-corrected chi connectivity index (χ4v) is 2.63.